The highest BCUT2D eigenvalue weighted by Crippen LogP contribution is 2.12. The van der Waals surface area contributed by atoms with Crippen molar-refractivity contribution in [2.45, 2.75) is 20.3 Å². The number of benzene rings is 2. The van der Waals surface area contributed by atoms with E-state index in [9.17, 15) is 14.0 Å². The lowest BCUT2D eigenvalue weighted by molar-refractivity contribution is -0.883. The minimum atomic E-state index is -0.353. The lowest BCUT2D eigenvalue weighted by Gasteiger charge is -2.18. The van der Waals surface area contributed by atoms with Crippen molar-refractivity contribution in [3.05, 3.63) is 59.9 Å². The number of carbonyl (C=O) groups excluding carboxylic acids is 2. The molecule has 1 unspecified atom stereocenters. The van der Waals surface area contributed by atoms with Gasteiger partial charge in [-0.3, -0.25) is 9.59 Å². The minimum absolute atomic E-state index is 0.127. The van der Waals surface area contributed by atoms with E-state index in [4.69, 9.17) is 0 Å². The molecule has 138 valence electrons. The fourth-order valence-corrected chi connectivity index (χ4v) is 2.69. The number of anilines is 2. The zero-order chi connectivity index (χ0) is 18.9. The molecule has 0 aliphatic carbocycles. The van der Waals surface area contributed by atoms with Crippen molar-refractivity contribution < 1.29 is 18.9 Å². The lowest BCUT2D eigenvalue weighted by Crippen LogP contribution is -3.14. The number of para-hydroxylation sites is 1. The van der Waals surface area contributed by atoms with Gasteiger partial charge in [0.2, 0.25) is 0 Å². The molecule has 0 aromatic heterocycles. The van der Waals surface area contributed by atoms with E-state index in [1.54, 1.807) is 0 Å². The predicted octanol–water partition coefficient (Wildman–Crippen LogP) is 2.01. The van der Waals surface area contributed by atoms with Crippen molar-refractivity contribution in [2.75, 3.05) is 30.3 Å². The van der Waals surface area contributed by atoms with Gasteiger partial charge in [-0.2, -0.15) is 0 Å². The third-order valence-electron chi connectivity index (χ3n) is 3.97. The number of carbonyl (C=O) groups is 2. The average Bonchev–Trinajstić information content (AvgIpc) is 2.59. The van der Waals surface area contributed by atoms with Gasteiger partial charge >= 0.3 is 0 Å². The van der Waals surface area contributed by atoms with E-state index in [0.717, 1.165) is 22.6 Å². The van der Waals surface area contributed by atoms with Gasteiger partial charge in [-0.15, -0.1) is 0 Å². The van der Waals surface area contributed by atoms with Crippen molar-refractivity contribution in [2.24, 2.45) is 0 Å². The molecule has 2 aromatic rings. The molecule has 2 rings (SSSR count). The monoisotopic (exact) mass is 358 g/mol. The van der Waals surface area contributed by atoms with Crippen LogP contribution in [0.25, 0.3) is 0 Å². The topological polar surface area (TPSA) is 62.6 Å². The van der Waals surface area contributed by atoms with Gasteiger partial charge in [-0.05, 0) is 49.2 Å². The molecule has 2 amide bonds. The molecule has 0 bridgehead atoms. The first-order chi connectivity index (χ1) is 12.5. The van der Waals surface area contributed by atoms with E-state index >= 15 is 0 Å². The highest BCUT2D eigenvalue weighted by atomic mass is 19.1. The molecule has 0 radical (unpaired) electrons. The van der Waals surface area contributed by atoms with Gasteiger partial charge in [0, 0.05) is 11.4 Å². The number of amides is 2. The van der Waals surface area contributed by atoms with Crippen LogP contribution in [0, 0.1) is 12.7 Å². The van der Waals surface area contributed by atoms with Crippen molar-refractivity contribution in [3.63, 3.8) is 0 Å². The van der Waals surface area contributed by atoms with Crippen LogP contribution < -0.4 is 15.5 Å². The predicted molar refractivity (Wildman–Crippen MR) is 101 cm³/mol. The first-order valence-corrected chi connectivity index (χ1v) is 8.72. The van der Waals surface area contributed by atoms with Gasteiger partial charge in [-0.1, -0.05) is 25.1 Å². The van der Waals surface area contributed by atoms with Crippen LogP contribution in [-0.2, 0) is 9.59 Å². The second-order valence-electron chi connectivity index (χ2n) is 6.27. The molecular weight excluding hydrogens is 333 g/mol. The summed E-state index contributed by atoms with van der Waals surface area (Å²) in [5, 5.41) is 5.63. The molecule has 3 N–H and O–H groups in total. The smallest absolute Gasteiger partial charge is 0.279 e. The zero-order valence-electron chi connectivity index (χ0n) is 15.1. The highest BCUT2D eigenvalue weighted by molar-refractivity contribution is 5.93. The second kappa shape index (κ2) is 9.68. The summed E-state index contributed by atoms with van der Waals surface area (Å²) < 4.78 is 12.9. The third kappa shape index (κ3) is 6.29. The normalized spacial score (nSPS) is 11.7. The quantitative estimate of drug-likeness (QED) is 0.676. The maximum Gasteiger partial charge on any atom is 0.279 e. The number of halogens is 1. The first kappa shape index (κ1) is 19.6. The number of hydrogen-bond donors (Lipinski definition) is 3. The van der Waals surface area contributed by atoms with Gasteiger partial charge in [0.05, 0.1) is 6.54 Å². The summed E-state index contributed by atoms with van der Waals surface area (Å²) in [7, 11) is 0. The summed E-state index contributed by atoms with van der Waals surface area (Å²) in [5.41, 5.74) is 2.31. The molecule has 6 heteroatoms. The van der Waals surface area contributed by atoms with E-state index in [1.807, 2.05) is 38.1 Å². The van der Waals surface area contributed by atoms with E-state index in [2.05, 4.69) is 10.6 Å². The van der Waals surface area contributed by atoms with Crippen LogP contribution in [0.15, 0.2) is 48.5 Å². The molecule has 0 fully saturated rings. The Morgan fingerprint density at radius 2 is 1.58 bits per heavy atom. The van der Waals surface area contributed by atoms with Gasteiger partial charge in [0.1, 0.15) is 5.82 Å². The molecular formula is C20H25FN3O2+. The largest absolute Gasteiger partial charge is 0.321 e. The Morgan fingerprint density at radius 3 is 2.19 bits per heavy atom. The molecule has 0 spiro atoms. The van der Waals surface area contributed by atoms with Crippen LogP contribution in [0.1, 0.15) is 18.9 Å². The van der Waals surface area contributed by atoms with E-state index in [1.165, 1.54) is 24.3 Å². The van der Waals surface area contributed by atoms with Crippen LogP contribution >= 0.6 is 0 Å². The summed E-state index contributed by atoms with van der Waals surface area (Å²) in [6.45, 7) is 5.03. The molecule has 0 aliphatic rings. The van der Waals surface area contributed by atoms with Crippen molar-refractivity contribution in [1.29, 1.82) is 0 Å². The number of hydrogen-bond acceptors (Lipinski definition) is 2. The molecule has 0 saturated carbocycles. The fourth-order valence-electron chi connectivity index (χ4n) is 2.69. The molecule has 5 nitrogen and oxygen atoms in total. The Hall–Kier alpha value is -2.73. The Labute approximate surface area is 153 Å². The average molecular weight is 358 g/mol. The zero-order valence-corrected chi connectivity index (χ0v) is 15.1. The van der Waals surface area contributed by atoms with Gasteiger partial charge in [0.15, 0.2) is 13.1 Å². The third-order valence-corrected chi connectivity index (χ3v) is 3.97. The summed E-state index contributed by atoms with van der Waals surface area (Å²) in [4.78, 5) is 25.4. The first-order valence-electron chi connectivity index (χ1n) is 8.72. The number of rotatable bonds is 8. The van der Waals surface area contributed by atoms with E-state index in [0.29, 0.717) is 12.2 Å². The number of aryl methyl sites for hydroxylation is 1. The molecule has 0 heterocycles. The molecule has 0 saturated heterocycles. The Balaban J connectivity index is 1.90. The Kier molecular flexibility index (Phi) is 7.29. The fraction of sp³-hybridized carbons (Fsp3) is 0.300. The summed E-state index contributed by atoms with van der Waals surface area (Å²) in [6.07, 6.45) is 0.858. The van der Waals surface area contributed by atoms with Gasteiger partial charge in [-0.25, -0.2) is 4.39 Å². The van der Waals surface area contributed by atoms with E-state index < -0.39 is 0 Å². The van der Waals surface area contributed by atoms with Crippen LogP contribution in [0.3, 0.4) is 0 Å². The Bertz CT molecular complexity index is 747. The summed E-state index contributed by atoms with van der Waals surface area (Å²) in [6, 6.07) is 13.2. The van der Waals surface area contributed by atoms with Crippen LogP contribution in [0.5, 0.6) is 0 Å². The lowest BCUT2D eigenvalue weighted by atomic mass is 10.2. The second-order valence-corrected chi connectivity index (χ2v) is 6.27. The van der Waals surface area contributed by atoms with Gasteiger partial charge < -0.3 is 15.5 Å². The summed E-state index contributed by atoms with van der Waals surface area (Å²) >= 11 is 0. The van der Waals surface area contributed by atoms with Crippen molar-refractivity contribution in [1.82, 2.24) is 0 Å². The summed E-state index contributed by atoms with van der Waals surface area (Å²) in [5.74, 6) is -0.685. The number of nitrogens with one attached hydrogen (secondary N) is 3. The maximum absolute atomic E-state index is 12.9. The van der Waals surface area contributed by atoms with E-state index in [-0.39, 0.29) is 30.7 Å². The maximum atomic E-state index is 12.9. The Morgan fingerprint density at radius 1 is 0.962 bits per heavy atom. The minimum Gasteiger partial charge on any atom is -0.321 e. The molecule has 26 heavy (non-hydrogen) atoms. The molecule has 0 aliphatic heterocycles. The standard InChI is InChI=1S/C20H24FN3O2/c1-3-12-24(13-19(25)22-17-10-8-16(21)9-11-17)14-20(26)23-18-7-5-4-6-15(18)2/h4-11H,3,12-14H2,1-2H3,(H,22,25)(H,23,26)/p+1. The SMILES string of the molecule is CCC[NH+](CC(=O)Nc1ccc(F)cc1)CC(=O)Nc1ccccc1C. The van der Waals surface area contributed by atoms with Crippen LogP contribution in [-0.4, -0.2) is 31.4 Å². The van der Waals surface area contributed by atoms with Crippen LogP contribution in [0.4, 0.5) is 15.8 Å². The number of quaternary nitrogens is 1. The van der Waals surface area contributed by atoms with Crippen LogP contribution in [0.2, 0.25) is 0 Å². The molecule has 2 aromatic carbocycles. The van der Waals surface area contributed by atoms with Crippen molar-refractivity contribution >= 4 is 23.2 Å². The van der Waals surface area contributed by atoms with Gasteiger partial charge in [0.25, 0.3) is 11.8 Å². The highest BCUT2D eigenvalue weighted by Gasteiger charge is 2.18. The molecule has 1 atom stereocenters. The van der Waals surface area contributed by atoms with Crippen molar-refractivity contribution in [3.8, 4) is 0 Å².